The van der Waals surface area contributed by atoms with E-state index in [1.807, 2.05) is 36.0 Å². The molecule has 0 unspecified atom stereocenters. The van der Waals surface area contributed by atoms with Crippen molar-refractivity contribution in [3.63, 3.8) is 0 Å². The number of rotatable bonds is 7. The number of nitrogens with zero attached hydrogens (tertiary/aromatic N) is 3. The van der Waals surface area contributed by atoms with Gasteiger partial charge in [-0.05, 0) is 52.7 Å². The number of hydrogen-bond acceptors (Lipinski definition) is 3. The van der Waals surface area contributed by atoms with E-state index >= 15 is 0 Å². The molecule has 8 heteroatoms. The van der Waals surface area contributed by atoms with Crippen molar-refractivity contribution in [1.29, 1.82) is 0 Å². The van der Waals surface area contributed by atoms with Gasteiger partial charge in [-0.25, -0.2) is 0 Å². The molecule has 152 valence electrons. The predicted molar refractivity (Wildman–Crippen MR) is 119 cm³/mol. The molecule has 0 fully saturated rings. The Morgan fingerprint density at radius 3 is 2.72 bits per heavy atom. The topological polar surface area (TPSA) is 47.4 Å². The van der Waals surface area contributed by atoms with Crippen molar-refractivity contribution in [2.24, 2.45) is 0 Å². The third kappa shape index (κ3) is 5.32. The fourth-order valence-corrected chi connectivity index (χ4v) is 3.56. The molecule has 0 atom stereocenters. The summed E-state index contributed by atoms with van der Waals surface area (Å²) < 4.78 is 8.48. The Kier molecular flexibility index (Phi) is 7.22. The van der Waals surface area contributed by atoms with E-state index in [2.05, 4.69) is 21.0 Å². The molecule has 29 heavy (non-hydrogen) atoms. The smallest absolute Gasteiger partial charge is 0.253 e. The summed E-state index contributed by atoms with van der Waals surface area (Å²) in [4.78, 5) is 14.5. The van der Waals surface area contributed by atoms with Gasteiger partial charge in [-0.15, -0.1) is 0 Å². The van der Waals surface area contributed by atoms with Crippen LogP contribution in [0.15, 0.2) is 53.1 Å². The van der Waals surface area contributed by atoms with Crippen LogP contribution in [0.4, 0.5) is 0 Å². The van der Waals surface area contributed by atoms with Gasteiger partial charge >= 0.3 is 0 Å². The largest absolute Gasteiger partial charge is 0.487 e. The summed E-state index contributed by atoms with van der Waals surface area (Å²) in [6, 6.07) is 12.6. The van der Waals surface area contributed by atoms with E-state index in [0.717, 1.165) is 22.3 Å². The van der Waals surface area contributed by atoms with Crippen LogP contribution in [0.1, 0.15) is 28.5 Å². The first-order valence-electron chi connectivity index (χ1n) is 9.02. The number of carbonyl (C=O) groups excluding carboxylic acids is 1. The highest BCUT2D eigenvalue weighted by molar-refractivity contribution is 9.10. The molecule has 0 aliphatic carbocycles. The van der Waals surface area contributed by atoms with Gasteiger partial charge in [-0.2, -0.15) is 5.10 Å². The summed E-state index contributed by atoms with van der Waals surface area (Å²) in [5.74, 6) is 0.412. The van der Waals surface area contributed by atoms with Gasteiger partial charge in [0.15, 0.2) is 0 Å². The second kappa shape index (κ2) is 9.65. The molecule has 0 aliphatic rings. The maximum absolute atomic E-state index is 12.9. The van der Waals surface area contributed by atoms with Crippen LogP contribution in [0, 0.1) is 0 Å². The van der Waals surface area contributed by atoms with Crippen molar-refractivity contribution in [1.82, 2.24) is 14.7 Å². The number of hydrogen-bond donors (Lipinski definition) is 0. The fourth-order valence-electron chi connectivity index (χ4n) is 2.77. The monoisotopic (exact) mass is 495 g/mol. The predicted octanol–water partition coefficient (Wildman–Crippen LogP) is 5.82. The van der Waals surface area contributed by atoms with Crippen molar-refractivity contribution >= 4 is 45.0 Å². The molecule has 0 spiro atoms. The molecule has 1 amide bonds. The zero-order valence-electron chi connectivity index (χ0n) is 16.0. The zero-order valence-corrected chi connectivity index (χ0v) is 19.1. The van der Waals surface area contributed by atoms with E-state index in [0.29, 0.717) is 27.9 Å². The van der Waals surface area contributed by atoms with Crippen molar-refractivity contribution in [3.05, 3.63) is 80.0 Å². The molecule has 0 radical (unpaired) electrons. The molecule has 1 aromatic heterocycles. The third-order valence-electron chi connectivity index (χ3n) is 4.33. The molecule has 3 aromatic rings. The highest BCUT2D eigenvalue weighted by atomic mass is 79.9. The van der Waals surface area contributed by atoms with Gasteiger partial charge < -0.3 is 9.64 Å². The van der Waals surface area contributed by atoms with Crippen LogP contribution in [0.5, 0.6) is 5.75 Å². The molecule has 2 aromatic carbocycles. The average molecular weight is 497 g/mol. The molecule has 0 bridgehead atoms. The Balaban J connectivity index is 1.68. The van der Waals surface area contributed by atoms with Crippen LogP contribution in [0.2, 0.25) is 10.0 Å². The van der Waals surface area contributed by atoms with E-state index in [9.17, 15) is 4.79 Å². The number of carbonyl (C=O) groups is 1. The SMILES string of the molecule is CCn1cc(Br)c(CN(C)C(=O)c2cccc(COc3cccc(Cl)c3Cl)c2)n1. The molecule has 0 saturated heterocycles. The lowest BCUT2D eigenvalue weighted by Crippen LogP contribution is -2.26. The number of aromatic nitrogens is 2. The summed E-state index contributed by atoms with van der Waals surface area (Å²) in [6.45, 7) is 3.47. The number of aryl methyl sites for hydroxylation is 1. The van der Waals surface area contributed by atoms with Gasteiger partial charge in [0.05, 0.1) is 21.7 Å². The van der Waals surface area contributed by atoms with E-state index < -0.39 is 0 Å². The Morgan fingerprint density at radius 1 is 1.24 bits per heavy atom. The first kappa shape index (κ1) is 21.7. The summed E-state index contributed by atoms with van der Waals surface area (Å²) in [7, 11) is 1.76. The Bertz CT molecular complexity index is 1020. The molecule has 0 saturated carbocycles. The van der Waals surface area contributed by atoms with Crippen molar-refractivity contribution in [2.45, 2.75) is 26.6 Å². The van der Waals surface area contributed by atoms with E-state index in [-0.39, 0.29) is 12.5 Å². The van der Waals surface area contributed by atoms with Gasteiger partial charge in [0.1, 0.15) is 17.4 Å². The summed E-state index contributed by atoms with van der Waals surface area (Å²) in [5.41, 5.74) is 2.26. The Hall–Kier alpha value is -2.02. The van der Waals surface area contributed by atoms with Crippen molar-refractivity contribution in [3.8, 4) is 5.75 Å². The molecule has 0 N–H and O–H groups in total. The first-order valence-corrected chi connectivity index (χ1v) is 10.6. The van der Waals surface area contributed by atoms with Gasteiger partial charge in [0.25, 0.3) is 5.91 Å². The van der Waals surface area contributed by atoms with Crippen LogP contribution >= 0.6 is 39.1 Å². The van der Waals surface area contributed by atoms with Gasteiger partial charge in [0, 0.05) is 25.4 Å². The maximum atomic E-state index is 12.9. The number of halogens is 3. The normalized spacial score (nSPS) is 10.8. The minimum Gasteiger partial charge on any atom is -0.487 e. The molecular weight excluding hydrogens is 477 g/mol. The van der Waals surface area contributed by atoms with E-state index in [1.165, 1.54) is 0 Å². The maximum Gasteiger partial charge on any atom is 0.253 e. The third-order valence-corrected chi connectivity index (χ3v) is 5.79. The number of ether oxygens (including phenoxy) is 1. The number of amides is 1. The lowest BCUT2D eigenvalue weighted by Gasteiger charge is -2.17. The minimum absolute atomic E-state index is 0.0920. The van der Waals surface area contributed by atoms with Crippen LogP contribution in [0.3, 0.4) is 0 Å². The highest BCUT2D eigenvalue weighted by Gasteiger charge is 2.16. The van der Waals surface area contributed by atoms with Gasteiger partial charge in [-0.1, -0.05) is 41.4 Å². The molecule has 0 aliphatic heterocycles. The standard InChI is InChI=1S/C21H20BrCl2N3O2/c1-3-27-11-16(22)18(25-27)12-26(2)21(28)15-7-4-6-14(10-15)13-29-19-9-5-8-17(23)20(19)24/h4-11H,3,12-13H2,1-2H3. The molecular formula is C21H20BrCl2N3O2. The second-order valence-corrected chi connectivity index (χ2v) is 8.12. The van der Waals surface area contributed by atoms with E-state index in [1.54, 1.807) is 36.2 Å². The quantitative estimate of drug-likeness (QED) is 0.413. The average Bonchev–Trinajstić information content (AvgIpc) is 3.08. The fraction of sp³-hybridized carbons (Fsp3) is 0.238. The zero-order chi connectivity index (χ0) is 21.0. The molecule has 5 nitrogen and oxygen atoms in total. The minimum atomic E-state index is -0.0920. The van der Waals surface area contributed by atoms with Crippen LogP contribution in [0.25, 0.3) is 0 Å². The lowest BCUT2D eigenvalue weighted by molar-refractivity contribution is 0.0782. The van der Waals surface area contributed by atoms with Crippen molar-refractivity contribution < 1.29 is 9.53 Å². The van der Waals surface area contributed by atoms with Gasteiger partial charge in [-0.3, -0.25) is 9.48 Å². The van der Waals surface area contributed by atoms with E-state index in [4.69, 9.17) is 27.9 Å². The van der Waals surface area contributed by atoms with Crippen molar-refractivity contribution in [2.75, 3.05) is 7.05 Å². The molecule has 3 rings (SSSR count). The molecule has 1 heterocycles. The highest BCUT2D eigenvalue weighted by Crippen LogP contribution is 2.32. The Labute approximate surface area is 188 Å². The lowest BCUT2D eigenvalue weighted by atomic mass is 10.1. The summed E-state index contributed by atoms with van der Waals surface area (Å²) in [6.07, 6.45) is 1.91. The number of benzene rings is 2. The van der Waals surface area contributed by atoms with Crippen LogP contribution in [-0.2, 0) is 19.7 Å². The van der Waals surface area contributed by atoms with Crippen LogP contribution < -0.4 is 4.74 Å². The summed E-state index contributed by atoms with van der Waals surface area (Å²) in [5, 5.41) is 5.28. The second-order valence-electron chi connectivity index (χ2n) is 6.48. The first-order chi connectivity index (χ1) is 13.9. The van der Waals surface area contributed by atoms with Crippen LogP contribution in [-0.4, -0.2) is 27.6 Å². The Morgan fingerprint density at radius 2 is 2.00 bits per heavy atom. The summed E-state index contributed by atoms with van der Waals surface area (Å²) >= 11 is 15.7. The van der Waals surface area contributed by atoms with Gasteiger partial charge in [0.2, 0.25) is 0 Å².